The van der Waals surface area contributed by atoms with Crippen LogP contribution in [-0.2, 0) is 12.8 Å². The third-order valence-corrected chi connectivity index (χ3v) is 2.83. The van der Waals surface area contributed by atoms with Crippen LogP contribution in [0.15, 0.2) is 6.07 Å². The Kier molecular flexibility index (Phi) is 3.39. The van der Waals surface area contributed by atoms with Crippen molar-refractivity contribution in [3.05, 3.63) is 28.8 Å². The van der Waals surface area contributed by atoms with Crippen LogP contribution in [0.4, 0.5) is 8.78 Å². The van der Waals surface area contributed by atoms with E-state index in [1.807, 2.05) is 0 Å². The number of nitrogens with two attached hydrogens (primary N) is 1. The maximum Gasteiger partial charge on any atom is 0.133 e. The van der Waals surface area contributed by atoms with Gasteiger partial charge in [-0.05, 0) is 32.2 Å². The van der Waals surface area contributed by atoms with Crippen LogP contribution in [0.25, 0.3) is 0 Å². The van der Waals surface area contributed by atoms with Crippen LogP contribution in [0, 0.1) is 11.6 Å². The van der Waals surface area contributed by atoms with Gasteiger partial charge in [0, 0.05) is 17.2 Å². The zero-order valence-electron chi connectivity index (χ0n) is 9.06. The van der Waals surface area contributed by atoms with E-state index in [2.05, 4.69) is 0 Å². The normalized spacial score (nSPS) is 14.4. The molecule has 16 heavy (non-hydrogen) atoms. The Balaban J connectivity index is 2.41. The van der Waals surface area contributed by atoms with Crippen LogP contribution < -0.4 is 10.5 Å². The Labute approximate surface area is 93.4 Å². The van der Waals surface area contributed by atoms with Crippen molar-refractivity contribution < 1.29 is 13.5 Å². The molecule has 0 atom stereocenters. The van der Waals surface area contributed by atoms with Crippen molar-refractivity contribution in [1.82, 2.24) is 0 Å². The molecule has 1 aliphatic rings. The molecular weight excluding hydrogens is 212 g/mol. The van der Waals surface area contributed by atoms with E-state index >= 15 is 0 Å². The second kappa shape index (κ2) is 4.78. The number of rotatable bonds is 3. The van der Waals surface area contributed by atoms with Crippen molar-refractivity contribution >= 4 is 0 Å². The van der Waals surface area contributed by atoms with Gasteiger partial charge in [-0.2, -0.15) is 0 Å². The fourth-order valence-electron chi connectivity index (χ4n) is 2.03. The number of hydrogen-bond donors (Lipinski definition) is 1. The third-order valence-electron chi connectivity index (χ3n) is 2.83. The molecule has 1 aliphatic heterocycles. The number of benzene rings is 1. The van der Waals surface area contributed by atoms with Crippen molar-refractivity contribution in [1.29, 1.82) is 0 Å². The molecule has 2 N–H and O–H groups in total. The molecule has 1 heterocycles. The maximum atomic E-state index is 13.6. The Morgan fingerprint density at radius 2 is 2.12 bits per heavy atom. The molecule has 0 saturated heterocycles. The van der Waals surface area contributed by atoms with Gasteiger partial charge in [-0.1, -0.05) is 0 Å². The summed E-state index contributed by atoms with van der Waals surface area (Å²) < 4.78 is 32.5. The Hall–Kier alpha value is -1.16. The van der Waals surface area contributed by atoms with Crippen LogP contribution in [0.3, 0.4) is 0 Å². The van der Waals surface area contributed by atoms with Gasteiger partial charge in [-0.15, -0.1) is 0 Å². The largest absolute Gasteiger partial charge is 0.493 e. The van der Waals surface area contributed by atoms with E-state index in [1.54, 1.807) is 0 Å². The van der Waals surface area contributed by atoms with Gasteiger partial charge in [-0.3, -0.25) is 0 Å². The van der Waals surface area contributed by atoms with Crippen molar-refractivity contribution in [3.8, 4) is 5.75 Å². The first kappa shape index (κ1) is 11.3. The van der Waals surface area contributed by atoms with E-state index in [0.717, 1.165) is 12.5 Å². The molecule has 0 aliphatic carbocycles. The molecule has 4 heteroatoms. The predicted octanol–water partition coefficient (Wildman–Crippen LogP) is 2.18. The zero-order chi connectivity index (χ0) is 11.5. The predicted molar refractivity (Wildman–Crippen MR) is 57.5 cm³/mol. The lowest BCUT2D eigenvalue weighted by molar-refractivity contribution is 0.278. The summed E-state index contributed by atoms with van der Waals surface area (Å²) in [6.45, 7) is 1.02. The molecule has 1 aromatic carbocycles. The lowest BCUT2D eigenvalue weighted by atomic mass is 9.98. The van der Waals surface area contributed by atoms with Gasteiger partial charge in [0.2, 0.25) is 0 Å². The van der Waals surface area contributed by atoms with Gasteiger partial charge in [0.15, 0.2) is 0 Å². The minimum atomic E-state index is -0.522. The summed E-state index contributed by atoms with van der Waals surface area (Å²) in [5, 5.41) is 0. The molecule has 2 nitrogen and oxygen atoms in total. The second-order valence-corrected chi connectivity index (χ2v) is 3.97. The Morgan fingerprint density at radius 3 is 2.88 bits per heavy atom. The van der Waals surface area contributed by atoms with E-state index in [1.165, 1.54) is 0 Å². The summed E-state index contributed by atoms with van der Waals surface area (Å²) in [6, 6.07) is 0.958. The first-order chi connectivity index (χ1) is 7.74. The highest BCUT2D eigenvalue weighted by Crippen LogP contribution is 2.33. The molecule has 0 bridgehead atoms. The summed E-state index contributed by atoms with van der Waals surface area (Å²) in [4.78, 5) is 0. The average molecular weight is 227 g/mol. The number of ether oxygens (including phenoxy) is 1. The zero-order valence-corrected chi connectivity index (χ0v) is 9.06. The summed E-state index contributed by atoms with van der Waals surface area (Å²) in [7, 11) is 0. The second-order valence-electron chi connectivity index (χ2n) is 3.97. The summed E-state index contributed by atoms with van der Waals surface area (Å²) in [5.74, 6) is -0.604. The van der Waals surface area contributed by atoms with Gasteiger partial charge in [0.05, 0.1) is 6.61 Å². The highest BCUT2D eigenvalue weighted by Gasteiger charge is 2.22. The highest BCUT2D eigenvalue weighted by molar-refractivity contribution is 5.44. The Morgan fingerprint density at radius 1 is 1.31 bits per heavy atom. The van der Waals surface area contributed by atoms with Crippen LogP contribution in [0.2, 0.25) is 0 Å². The highest BCUT2D eigenvalue weighted by atomic mass is 19.1. The van der Waals surface area contributed by atoms with Crippen LogP contribution >= 0.6 is 0 Å². The lowest BCUT2D eigenvalue weighted by Crippen LogP contribution is -2.14. The molecule has 0 radical (unpaired) electrons. The van der Waals surface area contributed by atoms with E-state index < -0.39 is 11.6 Å². The Bertz CT molecular complexity index is 393. The van der Waals surface area contributed by atoms with Gasteiger partial charge in [0.1, 0.15) is 17.4 Å². The van der Waals surface area contributed by atoms with Crippen LogP contribution in [0.5, 0.6) is 5.75 Å². The SMILES string of the molecule is NCCCc1c(F)cc(F)c2c1OCCC2. The quantitative estimate of drug-likeness (QED) is 0.859. The topological polar surface area (TPSA) is 35.2 Å². The molecule has 88 valence electrons. The fourth-order valence-corrected chi connectivity index (χ4v) is 2.03. The first-order valence-corrected chi connectivity index (χ1v) is 5.56. The molecule has 2 rings (SSSR count). The van der Waals surface area contributed by atoms with Gasteiger partial charge in [0.25, 0.3) is 0 Å². The van der Waals surface area contributed by atoms with E-state index in [-0.39, 0.29) is 0 Å². The smallest absolute Gasteiger partial charge is 0.133 e. The van der Waals surface area contributed by atoms with Gasteiger partial charge in [-0.25, -0.2) is 8.78 Å². The molecule has 0 aromatic heterocycles. The van der Waals surface area contributed by atoms with Crippen LogP contribution in [-0.4, -0.2) is 13.2 Å². The molecule has 0 saturated carbocycles. The lowest BCUT2D eigenvalue weighted by Gasteiger charge is -2.21. The fraction of sp³-hybridized carbons (Fsp3) is 0.500. The number of halogens is 2. The van der Waals surface area contributed by atoms with E-state index in [0.29, 0.717) is 49.3 Å². The van der Waals surface area contributed by atoms with Gasteiger partial charge >= 0.3 is 0 Å². The van der Waals surface area contributed by atoms with Crippen molar-refractivity contribution in [3.63, 3.8) is 0 Å². The first-order valence-electron chi connectivity index (χ1n) is 5.56. The van der Waals surface area contributed by atoms with Gasteiger partial charge < -0.3 is 10.5 Å². The standard InChI is InChI=1S/C12H15F2NO/c13-10-7-11(14)9-4-2-6-16-12(9)8(10)3-1-5-15/h7H,1-6,15H2. The minimum absolute atomic E-state index is 0.414. The number of hydrogen-bond acceptors (Lipinski definition) is 2. The van der Waals surface area contributed by atoms with Crippen molar-refractivity contribution in [2.24, 2.45) is 5.73 Å². The monoisotopic (exact) mass is 227 g/mol. The van der Waals surface area contributed by atoms with E-state index in [9.17, 15) is 8.78 Å². The summed E-state index contributed by atoms with van der Waals surface area (Å²) in [5.41, 5.74) is 6.38. The number of fused-ring (bicyclic) bond motifs is 1. The molecule has 0 fully saturated rings. The van der Waals surface area contributed by atoms with Crippen molar-refractivity contribution in [2.75, 3.05) is 13.2 Å². The molecule has 0 unspecified atom stereocenters. The van der Waals surface area contributed by atoms with Crippen molar-refractivity contribution in [2.45, 2.75) is 25.7 Å². The maximum absolute atomic E-state index is 13.6. The van der Waals surface area contributed by atoms with E-state index in [4.69, 9.17) is 10.5 Å². The summed E-state index contributed by atoms with van der Waals surface area (Å²) in [6.07, 6.45) is 2.59. The molecule has 1 aromatic rings. The molecular formula is C12H15F2NO. The average Bonchev–Trinajstić information content (AvgIpc) is 2.29. The molecule has 0 amide bonds. The van der Waals surface area contributed by atoms with Crippen LogP contribution in [0.1, 0.15) is 24.0 Å². The minimum Gasteiger partial charge on any atom is -0.493 e. The summed E-state index contributed by atoms with van der Waals surface area (Å²) >= 11 is 0. The molecule has 0 spiro atoms. The third kappa shape index (κ3) is 2.02.